The third-order valence-corrected chi connectivity index (χ3v) is 2.81. The molecule has 5 heteroatoms. The van der Waals surface area contributed by atoms with Gasteiger partial charge in [-0.05, 0) is 31.9 Å². The molecular formula is C13H15F2NO2. The van der Waals surface area contributed by atoms with Crippen molar-refractivity contribution in [2.45, 2.75) is 12.8 Å². The average molecular weight is 255 g/mol. The molecule has 3 nitrogen and oxygen atoms in total. The number of benzene rings is 1. The third-order valence-electron chi connectivity index (χ3n) is 2.81. The summed E-state index contributed by atoms with van der Waals surface area (Å²) in [6, 6.07) is 1.75. The van der Waals surface area contributed by atoms with Gasteiger partial charge in [0.1, 0.15) is 5.82 Å². The first-order valence-corrected chi connectivity index (χ1v) is 5.91. The van der Waals surface area contributed by atoms with E-state index in [2.05, 4.69) is 5.32 Å². The number of carbonyl (C=O) groups excluding carboxylic acids is 1. The molecule has 2 rings (SSSR count). The van der Waals surface area contributed by atoms with Crippen LogP contribution in [0, 0.1) is 17.6 Å². The Morgan fingerprint density at radius 2 is 2.17 bits per heavy atom. The van der Waals surface area contributed by atoms with E-state index >= 15 is 0 Å². The fraction of sp³-hybridized carbons (Fsp3) is 0.462. The molecule has 0 atom stereocenters. The first kappa shape index (κ1) is 13.0. The number of hydrogen-bond donors (Lipinski definition) is 1. The summed E-state index contributed by atoms with van der Waals surface area (Å²) >= 11 is 0. The van der Waals surface area contributed by atoms with Gasteiger partial charge in [-0.1, -0.05) is 0 Å². The molecular weight excluding hydrogens is 240 g/mol. The lowest BCUT2D eigenvalue weighted by molar-refractivity contribution is 0.0987. The highest BCUT2D eigenvalue weighted by atomic mass is 19.1. The number of ether oxygens (including phenoxy) is 1. The second kappa shape index (κ2) is 5.44. The molecule has 1 aromatic carbocycles. The molecule has 0 unspecified atom stereocenters. The summed E-state index contributed by atoms with van der Waals surface area (Å²) in [5.74, 6) is -1.69. The van der Waals surface area contributed by atoms with Gasteiger partial charge >= 0.3 is 0 Å². The van der Waals surface area contributed by atoms with E-state index < -0.39 is 11.6 Å². The first-order chi connectivity index (χ1) is 8.61. The molecule has 0 amide bonds. The molecule has 0 bridgehead atoms. The van der Waals surface area contributed by atoms with Crippen LogP contribution in [0.1, 0.15) is 23.2 Å². The number of likely N-dealkylation sites (N-methyl/N-ethyl adjacent to an activating group) is 1. The minimum atomic E-state index is -0.824. The highest BCUT2D eigenvalue weighted by molar-refractivity contribution is 6.00. The van der Waals surface area contributed by atoms with Gasteiger partial charge in [0.15, 0.2) is 17.3 Å². The highest BCUT2D eigenvalue weighted by Crippen LogP contribution is 2.31. The molecule has 0 radical (unpaired) electrons. The van der Waals surface area contributed by atoms with Crippen LogP contribution in [0.4, 0.5) is 8.78 Å². The molecule has 0 saturated heterocycles. The van der Waals surface area contributed by atoms with Gasteiger partial charge in [-0.25, -0.2) is 8.78 Å². The summed E-state index contributed by atoms with van der Waals surface area (Å²) < 4.78 is 32.1. The number of rotatable bonds is 6. The Labute approximate surface area is 104 Å². The Kier molecular flexibility index (Phi) is 3.91. The van der Waals surface area contributed by atoms with Crippen LogP contribution in [0.15, 0.2) is 12.1 Å². The molecule has 98 valence electrons. The fourth-order valence-corrected chi connectivity index (χ4v) is 1.66. The van der Waals surface area contributed by atoms with Gasteiger partial charge in [-0.2, -0.15) is 0 Å². The van der Waals surface area contributed by atoms with Crippen LogP contribution in [0.3, 0.4) is 0 Å². The lowest BCUT2D eigenvalue weighted by Gasteiger charge is -2.11. The van der Waals surface area contributed by atoms with E-state index in [-0.39, 0.29) is 23.6 Å². The Balaban J connectivity index is 2.24. The van der Waals surface area contributed by atoms with E-state index in [1.165, 1.54) is 0 Å². The Morgan fingerprint density at radius 1 is 1.44 bits per heavy atom. The SMILES string of the molecule is CNCC(=O)c1cc(F)cc(F)c1OCC1CC1. The lowest BCUT2D eigenvalue weighted by atomic mass is 10.1. The summed E-state index contributed by atoms with van der Waals surface area (Å²) in [7, 11) is 1.60. The highest BCUT2D eigenvalue weighted by Gasteiger charge is 2.25. The summed E-state index contributed by atoms with van der Waals surface area (Å²) in [5, 5.41) is 2.66. The van der Waals surface area contributed by atoms with E-state index in [1.807, 2.05) is 0 Å². The molecule has 0 aliphatic heterocycles. The number of ketones is 1. The Hall–Kier alpha value is -1.49. The van der Waals surface area contributed by atoms with Gasteiger partial charge in [0.05, 0.1) is 18.7 Å². The van der Waals surface area contributed by atoms with Crippen LogP contribution >= 0.6 is 0 Å². The second-order valence-corrected chi connectivity index (χ2v) is 4.47. The molecule has 1 aromatic rings. The molecule has 1 fully saturated rings. The van der Waals surface area contributed by atoms with Gasteiger partial charge in [0.25, 0.3) is 0 Å². The van der Waals surface area contributed by atoms with Crippen molar-refractivity contribution < 1.29 is 18.3 Å². The van der Waals surface area contributed by atoms with E-state index in [4.69, 9.17) is 4.74 Å². The van der Waals surface area contributed by atoms with Crippen molar-refractivity contribution in [2.24, 2.45) is 5.92 Å². The van der Waals surface area contributed by atoms with Crippen molar-refractivity contribution in [3.8, 4) is 5.75 Å². The van der Waals surface area contributed by atoms with Gasteiger partial charge in [-0.3, -0.25) is 4.79 Å². The number of Topliss-reactive ketones (excluding diaryl/α,β-unsaturated/α-hetero) is 1. The molecule has 0 heterocycles. The first-order valence-electron chi connectivity index (χ1n) is 5.91. The van der Waals surface area contributed by atoms with Crippen molar-refractivity contribution in [3.05, 3.63) is 29.3 Å². The number of halogens is 2. The standard InChI is InChI=1S/C13H15F2NO2/c1-16-6-12(17)10-4-9(14)5-11(15)13(10)18-7-8-2-3-8/h4-5,8,16H,2-3,6-7H2,1H3. The molecule has 1 N–H and O–H groups in total. The zero-order chi connectivity index (χ0) is 13.1. The van der Waals surface area contributed by atoms with Gasteiger partial charge < -0.3 is 10.1 Å². The molecule has 1 saturated carbocycles. The Morgan fingerprint density at radius 3 is 2.78 bits per heavy atom. The van der Waals surface area contributed by atoms with Crippen molar-refractivity contribution >= 4 is 5.78 Å². The lowest BCUT2D eigenvalue weighted by Crippen LogP contribution is -2.20. The topological polar surface area (TPSA) is 38.3 Å². The quantitative estimate of drug-likeness (QED) is 0.792. The number of hydrogen-bond acceptors (Lipinski definition) is 3. The molecule has 0 spiro atoms. The van der Waals surface area contributed by atoms with Crippen LogP contribution in [-0.4, -0.2) is 26.0 Å². The maximum Gasteiger partial charge on any atom is 0.180 e. The second-order valence-electron chi connectivity index (χ2n) is 4.47. The molecule has 1 aliphatic carbocycles. The van der Waals surface area contributed by atoms with E-state index in [0.717, 1.165) is 25.0 Å². The molecule has 1 aliphatic rings. The summed E-state index contributed by atoms with van der Waals surface area (Å²) in [6.07, 6.45) is 2.12. The van der Waals surface area contributed by atoms with Crippen LogP contribution in [-0.2, 0) is 0 Å². The normalized spacial score (nSPS) is 14.6. The average Bonchev–Trinajstić information content (AvgIpc) is 3.11. The van der Waals surface area contributed by atoms with E-state index in [9.17, 15) is 13.6 Å². The van der Waals surface area contributed by atoms with Gasteiger partial charge in [-0.15, -0.1) is 0 Å². The monoisotopic (exact) mass is 255 g/mol. The summed E-state index contributed by atoms with van der Waals surface area (Å²) in [5.41, 5.74) is -0.0394. The van der Waals surface area contributed by atoms with Crippen LogP contribution in [0.2, 0.25) is 0 Å². The van der Waals surface area contributed by atoms with Crippen LogP contribution in [0.5, 0.6) is 5.75 Å². The van der Waals surface area contributed by atoms with Crippen molar-refractivity contribution in [1.82, 2.24) is 5.32 Å². The van der Waals surface area contributed by atoms with Crippen LogP contribution < -0.4 is 10.1 Å². The van der Waals surface area contributed by atoms with Gasteiger partial charge in [0.2, 0.25) is 0 Å². The zero-order valence-electron chi connectivity index (χ0n) is 10.1. The summed E-state index contributed by atoms with van der Waals surface area (Å²) in [4.78, 5) is 11.8. The van der Waals surface area contributed by atoms with Crippen LogP contribution in [0.25, 0.3) is 0 Å². The predicted octanol–water partition coefficient (Wildman–Crippen LogP) is 2.16. The minimum absolute atomic E-state index is 0.0165. The maximum atomic E-state index is 13.6. The van der Waals surface area contributed by atoms with Crippen molar-refractivity contribution in [3.63, 3.8) is 0 Å². The van der Waals surface area contributed by atoms with Crippen molar-refractivity contribution in [2.75, 3.05) is 20.2 Å². The summed E-state index contributed by atoms with van der Waals surface area (Å²) in [6.45, 7) is 0.394. The molecule has 18 heavy (non-hydrogen) atoms. The minimum Gasteiger partial charge on any atom is -0.489 e. The largest absolute Gasteiger partial charge is 0.489 e. The van der Waals surface area contributed by atoms with Crippen molar-refractivity contribution in [1.29, 1.82) is 0 Å². The van der Waals surface area contributed by atoms with Gasteiger partial charge in [0, 0.05) is 6.07 Å². The Bertz CT molecular complexity index is 459. The fourth-order valence-electron chi connectivity index (χ4n) is 1.66. The molecule has 0 aromatic heterocycles. The third kappa shape index (κ3) is 3.04. The maximum absolute atomic E-state index is 13.6. The van der Waals surface area contributed by atoms with E-state index in [1.54, 1.807) is 7.05 Å². The smallest absolute Gasteiger partial charge is 0.180 e. The zero-order valence-corrected chi connectivity index (χ0v) is 10.1. The number of carbonyl (C=O) groups is 1. The number of nitrogens with one attached hydrogen (secondary N) is 1. The predicted molar refractivity (Wildman–Crippen MR) is 62.8 cm³/mol. The van der Waals surface area contributed by atoms with E-state index in [0.29, 0.717) is 12.5 Å².